The van der Waals surface area contributed by atoms with E-state index in [1.807, 2.05) is 20.8 Å². The summed E-state index contributed by atoms with van der Waals surface area (Å²) in [4.78, 5) is 22.8. The lowest BCUT2D eigenvalue weighted by atomic mass is 9.89. The zero-order valence-corrected chi connectivity index (χ0v) is 11.1. The highest BCUT2D eigenvalue weighted by molar-refractivity contribution is 5.72. The quantitative estimate of drug-likeness (QED) is 0.791. The third-order valence-corrected chi connectivity index (χ3v) is 3.91. The molecule has 0 saturated heterocycles. The summed E-state index contributed by atoms with van der Waals surface area (Å²) in [6.45, 7) is 5.45. The van der Waals surface area contributed by atoms with Crippen LogP contribution in [0.5, 0.6) is 0 Å². The predicted molar refractivity (Wildman–Crippen MR) is 65.1 cm³/mol. The Balaban J connectivity index is 1.95. The normalized spacial score (nSPS) is 34.4. The molecule has 5 nitrogen and oxygen atoms in total. The molecule has 0 aromatic carbocycles. The highest BCUT2D eigenvalue weighted by atomic mass is 16.6. The third-order valence-electron chi connectivity index (χ3n) is 3.91. The van der Waals surface area contributed by atoms with E-state index in [9.17, 15) is 9.59 Å². The largest absolute Gasteiger partial charge is 0.481 e. The summed E-state index contributed by atoms with van der Waals surface area (Å²) in [6, 6.07) is -0.0269. The monoisotopic (exact) mass is 255 g/mol. The smallest absolute Gasteiger partial charge is 0.407 e. The first-order valence-corrected chi connectivity index (χ1v) is 6.50. The van der Waals surface area contributed by atoms with Crippen LogP contribution in [-0.4, -0.2) is 28.8 Å². The van der Waals surface area contributed by atoms with Crippen molar-refractivity contribution < 1.29 is 19.4 Å². The number of alkyl carbamates (subject to hydrolysis) is 1. The molecular formula is C13H21NO4. The Morgan fingerprint density at radius 1 is 1.28 bits per heavy atom. The molecule has 0 aliphatic heterocycles. The molecule has 2 aliphatic carbocycles. The van der Waals surface area contributed by atoms with E-state index in [1.54, 1.807) is 0 Å². The van der Waals surface area contributed by atoms with Crippen molar-refractivity contribution in [1.29, 1.82) is 0 Å². The van der Waals surface area contributed by atoms with Gasteiger partial charge in [0.05, 0.1) is 5.92 Å². The van der Waals surface area contributed by atoms with E-state index >= 15 is 0 Å². The number of fused-ring (bicyclic) bond motifs is 2. The van der Waals surface area contributed by atoms with E-state index in [0.29, 0.717) is 12.3 Å². The summed E-state index contributed by atoms with van der Waals surface area (Å²) in [7, 11) is 0. The first kappa shape index (κ1) is 13.2. The van der Waals surface area contributed by atoms with Crippen LogP contribution in [0.15, 0.2) is 0 Å². The number of carbonyl (C=O) groups is 2. The Morgan fingerprint density at radius 2 is 1.94 bits per heavy atom. The standard InChI is InChI=1S/C13H21NO4/c1-13(2,3)18-12(17)14-10-7-4-5-8(10)9(6-7)11(15)16/h7-10H,4-6H2,1-3H3,(H,14,17)(H,15,16)/t7-,8-,9-,10+/m0/s1. The minimum atomic E-state index is -0.738. The molecule has 0 aromatic heterocycles. The van der Waals surface area contributed by atoms with Crippen molar-refractivity contribution in [3.05, 3.63) is 0 Å². The van der Waals surface area contributed by atoms with Gasteiger partial charge in [0.2, 0.25) is 0 Å². The van der Waals surface area contributed by atoms with Crippen LogP contribution in [0.1, 0.15) is 40.0 Å². The summed E-state index contributed by atoms with van der Waals surface area (Å²) in [6.07, 6.45) is 2.15. The van der Waals surface area contributed by atoms with E-state index in [2.05, 4.69) is 5.32 Å². The van der Waals surface area contributed by atoms with Crippen LogP contribution in [0.3, 0.4) is 0 Å². The van der Waals surface area contributed by atoms with Crippen molar-refractivity contribution in [2.24, 2.45) is 17.8 Å². The number of aliphatic carboxylic acids is 1. The van der Waals surface area contributed by atoms with Gasteiger partial charge in [-0.25, -0.2) is 4.79 Å². The van der Waals surface area contributed by atoms with Gasteiger partial charge in [-0.15, -0.1) is 0 Å². The minimum absolute atomic E-state index is 0.0269. The fraction of sp³-hybridized carbons (Fsp3) is 0.846. The third kappa shape index (κ3) is 2.60. The molecule has 0 radical (unpaired) electrons. The van der Waals surface area contributed by atoms with Crippen LogP contribution in [0.4, 0.5) is 4.79 Å². The molecule has 0 aromatic rings. The highest BCUT2D eigenvalue weighted by Gasteiger charge is 2.51. The first-order valence-electron chi connectivity index (χ1n) is 6.50. The molecule has 2 N–H and O–H groups in total. The second-order valence-corrected chi connectivity index (χ2v) is 6.35. The topological polar surface area (TPSA) is 75.6 Å². The number of carboxylic acids is 1. The molecule has 2 aliphatic rings. The van der Waals surface area contributed by atoms with Crippen molar-refractivity contribution in [3.63, 3.8) is 0 Å². The average molecular weight is 255 g/mol. The molecule has 2 saturated carbocycles. The average Bonchev–Trinajstić information content (AvgIpc) is 2.72. The number of rotatable bonds is 2. The number of hydrogen-bond donors (Lipinski definition) is 2. The maximum atomic E-state index is 11.7. The first-order chi connectivity index (χ1) is 8.28. The Kier molecular flexibility index (Phi) is 3.25. The van der Waals surface area contributed by atoms with Gasteiger partial charge in [-0.1, -0.05) is 0 Å². The van der Waals surface area contributed by atoms with Gasteiger partial charge in [0, 0.05) is 6.04 Å². The summed E-state index contributed by atoms with van der Waals surface area (Å²) in [5.41, 5.74) is -0.520. The number of hydrogen-bond acceptors (Lipinski definition) is 3. The van der Waals surface area contributed by atoms with Crippen LogP contribution >= 0.6 is 0 Å². The van der Waals surface area contributed by atoms with Crippen LogP contribution < -0.4 is 5.32 Å². The summed E-state index contributed by atoms with van der Waals surface area (Å²) >= 11 is 0. The van der Waals surface area contributed by atoms with Gasteiger partial charge in [0.15, 0.2) is 0 Å². The summed E-state index contributed by atoms with van der Waals surface area (Å²) in [5, 5.41) is 12.0. The van der Waals surface area contributed by atoms with Crippen molar-refractivity contribution in [3.8, 4) is 0 Å². The number of nitrogens with one attached hydrogen (secondary N) is 1. The van der Waals surface area contributed by atoms with Crippen molar-refractivity contribution in [2.45, 2.75) is 51.7 Å². The lowest BCUT2D eigenvalue weighted by molar-refractivity contribution is -0.143. The van der Waals surface area contributed by atoms with Crippen LogP contribution in [0, 0.1) is 17.8 Å². The molecule has 102 valence electrons. The lowest BCUT2D eigenvalue weighted by Crippen LogP contribution is -2.42. The number of amides is 1. The van der Waals surface area contributed by atoms with Gasteiger partial charge in [-0.2, -0.15) is 0 Å². The summed E-state index contributed by atoms with van der Waals surface area (Å²) < 4.78 is 5.22. The fourth-order valence-electron chi connectivity index (χ4n) is 3.28. The van der Waals surface area contributed by atoms with Crippen LogP contribution in [-0.2, 0) is 9.53 Å². The number of carboxylic acid groups (broad SMARTS) is 1. The van der Waals surface area contributed by atoms with Gasteiger partial charge in [-0.3, -0.25) is 4.79 Å². The van der Waals surface area contributed by atoms with Crippen molar-refractivity contribution in [2.75, 3.05) is 0 Å². The number of ether oxygens (including phenoxy) is 1. The lowest BCUT2D eigenvalue weighted by Gasteiger charge is -2.24. The van der Waals surface area contributed by atoms with Gasteiger partial charge in [0.25, 0.3) is 0 Å². The SMILES string of the molecule is CC(C)(C)OC(=O)N[C@@H]1[C@H]2CC[C@H]1[C@@H](C(=O)O)C2. The van der Waals surface area contributed by atoms with Gasteiger partial charge in [0.1, 0.15) is 5.60 Å². The van der Waals surface area contributed by atoms with E-state index < -0.39 is 17.7 Å². The molecule has 18 heavy (non-hydrogen) atoms. The zero-order valence-electron chi connectivity index (χ0n) is 11.1. The Morgan fingerprint density at radius 3 is 2.44 bits per heavy atom. The Labute approximate surface area is 107 Å². The second-order valence-electron chi connectivity index (χ2n) is 6.35. The van der Waals surface area contributed by atoms with Gasteiger partial charge >= 0.3 is 12.1 Å². The van der Waals surface area contributed by atoms with Gasteiger partial charge < -0.3 is 15.2 Å². The predicted octanol–water partition coefficient (Wildman–Crippen LogP) is 2.01. The molecule has 0 spiro atoms. The zero-order chi connectivity index (χ0) is 13.5. The maximum Gasteiger partial charge on any atom is 0.407 e. The molecular weight excluding hydrogens is 234 g/mol. The molecule has 4 atom stereocenters. The van der Waals surface area contributed by atoms with Crippen LogP contribution in [0.2, 0.25) is 0 Å². The minimum Gasteiger partial charge on any atom is -0.481 e. The Bertz CT molecular complexity index is 360. The molecule has 5 heteroatoms. The van der Waals surface area contributed by atoms with Gasteiger partial charge in [-0.05, 0) is 51.9 Å². The maximum absolute atomic E-state index is 11.7. The van der Waals surface area contributed by atoms with Crippen LogP contribution in [0.25, 0.3) is 0 Å². The Hall–Kier alpha value is -1.26. The molecule has 1 amide bonds. The molecule has 2 rings (SSSR count). The van der Waals surface area contributed by atoms with E-state index in [0.717, 1.165) is 12.8 Å². The number of carbonyl (C=O) groups excluding carboxylic acids is 1. The summed E-state index contributed by atoms with van der Waals surface area (Å²) in [5.74, 6) is -0.675. The van der Waals surface area contributed by atoms with E-state index in [4.69, 9.17) is 9.84 Å². The van der Waals surface area contributed by atoms with E-state index in [1.165, 1.54) is 0 Å². The second kappa shape index (κ2) is 4.44. The molecule has 2 fully saturated rings. The molecule has 2 bridgehead atoms. The highest BCUT2D eigenvalue weighted by Crippen LogP contribution is 2.48. The van der Waals surface area contributed by atoms with E-state index in [-0.39, 0.29) is 17.9 Å². The molecule has 0 unspecified atom stereocenters. The fourth-order valence-corrected chi connectivity index (χ4v) is 3.28. The van der Waals surface area contributed by atoms with Crippen molar-refractivity contribution in [1.82, 2.24) is 5.32 Å². The molecule has 0 heterocycles. The van der Waals surface area contributed by atoms with Crippen molar-refractivity contribution >= 4 is 12.1 Å².